The van der Waals surface area contributed by atoms with Gasteiger partial charge in [0, 0.05) is 16.8 Å². The number of benzene rings is 3. The van der Waals surface area contributed by atoms with Gasteiger partial charge in [0.15, 0.2) is 0 Å². The molecule has 5 aromatic rings. The van der Waals surface area contributed by atoms with E-state index < -0.39 is 0 Å². The Bertz CT molecular complexity index is 1360. The van der Waals surface area contributed by atoms with Crippen LogP contribution in [0.25, 0.3) is 44.8 Å². The van der Waals surface area contributed by atoms with Crippen LogP contribution in [-0.4, -0.2) is 14.5 Å². The first kappa shape index (κ1) is 17.1. The molecule has 138 valence electrons. The molecule has 0 aliphatic rings. The van der Waals surface area contributed by atoms with Gasteiger partial charge in [0.2, 0.25) is 0 Å². The third-order valence-electron chi connectivity index (χ3n) is 5.09. The highest BCUT2D eigenvalue weighted by atomic mass is 15.1. The SMILES string of the molecule is C=C/C=C\c1cc(-n2c3ccccc3c3cc(-c4ccccc4)ccc32)ncn1. The Balaban J connectivity index is 1.77. The van der Waals surface area contributed by atoms with E-state index in [1.807, 2.05) is 24.3 Å². The maximum atomic E-state index is 4.56. The number of allylic oxidation sites excluding steroid dienone is 2. The van der Waals surface area contributed by atoms with E-state index in [0.29, 0.717) is 0 Å². The molecular weight excluding hydrogens is 354 g/mol. The van der Waals surface area contributed by atoms with Crippen LogP contribution in [0.4, 0.5) is 0 Å². The van der Waals surface area contributed by atoms with Crippen molar-refractivity contribution in [3.8, 4) is 16.9 Å². The average Bonchev–Trinajstić information content (AvgIpc) is 3.12. The van der Waals surface area contributed by atoms with Gasteiger partial charge in [-0.2, -0.15) is 0 Å². The zero-order valence-electron chi connectivity index (χ0n) is 15.9. The molecule has 0 atom stereocenters. The second kappa shape index (κ2) is 7.21. The van der Waals surface area contributed by atoms with Crippen LogP contribution in [-0.2, 0) is 0 Å². The zero-order valence-corrected chi connectivity index (χ0v) is 15.9. The Kier molecular flexibility index (Phi) is 4.26. The predicted octanol–water partition coefficient (Wildman–Crippen LogP) is 6.44. The molecule has 0 fully saturated rings. The summed E-state index contributed by atoms with van der Waals surface area (Å²) in [4.78, 5) is 8.90. The Morgan fingerprint density at radius 1 is 0.724 bits per heavy atom. The number of nitrogens with zero attached hydrogens (tertiary/aromatic N) is 3. The fourth-order valence-corrected chi connectivity index (χ4v) is 3.77. The van der Waals surface area contributed by atoms with Crippen molar-refractivity contribution in [1.29, 1.82) is 0 Å². The minimum absolute atomic E-state index is 0.849. The van der Waals surface area contributed by atoms with Gasteiger partial charge in [-0.3, -0.25) is 4.57 Å². The van der Waals surface area contributed by atoms with E-state index in [9.17, 15) is 0 Å². The summed E-state index contributed by atoms with van der Waals surface area (Å²) in [6, 6.07) is 27.5. The molecule has 2 heterocycles. The molecule has 0 radical (unpaired) electrons. The first-order valence-corrected chi connectivity index (χ1v) is 9.55. The van der Waals surface area contributed by atoms with E-state index in [-0.39, 0.29) is 0 Å². The van der Waals surface area contributed by atoms with E-state index in [1.165, 1.54) is 21.9 Å². The molecule has 0 saturated carbocycles. The van der Waals surface area contributed by atoms with Gasteiger partial charge in [-0.1, -0.05) is 73.3 Å². The van der Waals surface area contributed by atoms with Crippen LogP contribution in [0.5, 0.6) is 0 Å². The summed E-state index contributed by atoms with van der Waals surface area (Å²) in [7, 11) is 0. The second-order valence-corrected chi connectivity index (χ2v) is 6.85. The van der Waals surface area contributed by atoms with Gasteiger partial charge in [0.25, 0.3) is 0 Å². The van der Waals surface area contributed by atoms with E-state index >= 15 is 0 Å². The molecule has 0 spiro atoms. The van der Waals surface area contributed by atoms with Gasteiger partial charge in [-0.15, -0.1) is 0 Å². The third-order valence-corrected chi connectivity index (χ3v) is 5.09. The van der Waals surface area contributed by atoms with Crippen molar-refractivity contribution in [1.82, 2.24) is 14.5 Å². The molecule has 2 aromatic heterocycles. The minimum atomic E-state index is 0.849. The number of rotatable bonds is 4. The molecule has 3 aromatic carbocycles. The molecular formula is C26H19N3. The summed E-state index contributed by atoms with van der Waals surface area (Å²) in [6.07, 6.45) is 7.16. The van der Waals surface area contributed by atoms with E-state index in [2.05, 4.69) is 87.8 Å². The fourth-order valence-electron chi connectivity index (χ4n) is 3.77. The Hall–Kier alpha value is -3.98. The molecule has 0 unspecified atom stereocenters. The summed E-state index contributed by atoms with van der Waals surface area (Å²) >= 11 is 0. The number of hydrogen-bond acceptors (Lipinski definition) is 2. The van der Waals surface area contributed by atoms with Crippen molar-refractivity contribution in [3.63, 3.8) is 0 Å². The van der Waals surface area contributed by atoms with Crippen molar-refractivity contribution >= 4 is 27.9 Å². The average molecular weight is 373 g/mol. The topological polar surface area (TPSA) is 30.7 Å². The highest BCUT2D eigenvalue weighted by Gasteiger charge is 2.14. The van der Waals surface area contributed by atoms with Crippen molar-refractivity contribution in [2.75, 3.05) is 0 Å². The fraction of sp³-hybridized carbons (Fsp3) is 0. The largest absolute Gasteiger partial charge is 0.294 e. The zero-order chi connectivity index (χ0) is 19.6. The van der Waals surface area contributed by atoms with Gasteiger partial charge >= 0.3 is 0 Å². The molecule has 0 aliphatic carbocycles. The standard InChI is InChI=1S/C26H19N3/c1-2-3-11-21-17-26(28-18-27-21)29-24-13-8-7-12-22(24)23-16-20(14-15-25(23)29)19-9-5-4-6-10-19/h2-18H,1H2/b11-3-. The summed E-state index contributed by atoms with van der Waals surface area (Å²) < 4.78 is 2.20. The summed E-state index contributed by atoms with van der Waals surface area (Å²) in [5.41, 5.74) is 5.53. The molecule has 5 rings (SSSR count). The van der Waals surface area contributed by atoms with Crippen molar-refractivity contribution in [2.24, 2.45) is 0 Å². The molecule has 29 heavy (non-hydrogen) atoms. The van der Waals surface area contributed by atoms with Gasteiger partial charge < -0.3 is 0 Å². The van der Waals surface area contributed by atoms with Crippen LogP contribution in [0, 0.1) is 0 Å². The second-order valence-electron chi connectivity index (χ2n) is 6.85. The maximum Gasteiger partial charge on any atom is 0.141 e. The summed E-state index contributed by atoms with van der Waals surface area (Å²) in [5, 5.41) is 2.42. The van der Waals surface area contributed by atoms with Crippen molar-refractivity contribution < 1.29 is 0 Å². The first-order valence-electron chi connectivity index (χ1n) is 9.55. The predicted molar refractivity (Wildman–Crippen MR) is 121 cm³/mol. The molecule has 0 N–H and O–H groups in total. The number of fused-ring (bicyclic) bond motifs is 3. The van der Waals surface area contributed by atoms with Crippen molar-refractivity contribution in [3.05, 3.63) is 110 Å². The summed E-state index contributed by atoms with van der Waals surface area (Å²) in [5.74, 6) is 0.849. The van der Waals surface area contributed by atoms with Crippen LogP contribution < -0.4 is 0 Å². The van der Waals surface area contributed by atoms with Crippen LogP contribution in [0.15, 0.2) is 104 Å². The third kappa shape index (κ3) is 3.03. The van der Waals surface area contributed by atoms with Crippen molar-refractivity contribution in [2.45, 2.75) is 0 Å². The van der Waals surface area contributed by atoms with Crippen LogP contribution >= 0.6 is 0 Å². The molecule has 3 heteroatoms. The Labute approximate surface area is 169 Å². The van der Waals surface area contributed by atoms with E-state index in [0.717, 1.165) is 22.5 Å². The minimum Gasteiger partial charge on any atom is -0.294 e. The monoisotopic (exact) mass is 373 g/mol. The lowest BCUT2D eigenvalue weighted by atomic mass is 10.0. The number of aromatic nitrogens is 3. The van der Waals surface area contributed by atoms with Crippen LogP contribution in [0.1, 0.15) is 5.69 Å². The van der Waals surface area contributed by atoms with Gasteiger partial charge in [0.05, 0.1) is 16.7 Å². The molecule has 0 amide bonds. The first-order chi connectivity index (χ1) is 14.3. The lowest BCUT2D eigenvalue weighted by molar-refractivity contribution is 1.03. The highest BCUT2D eigenvalue weighted by molar-refractivity contribution is 6.10. The van der Waals surface area contributed by atoms with Crippen LogP contribution in [0.2, 0.25) is 0 Å². The normalized spacial score (nSPS) is 11.4. The van der Waals surface area contributed by atoms with Gasteiger partial charge in [-0.05, 0) is 35.4 Å². The van der Waals surface area contributed by atoms with Gasteiger partial charge in [0.1, 0.15) is 12.1 Å². The van der Waals surface area contributed by atoms with Gasteiger partial charge in [-0.25, -0.2) is 9.97 Å². The summed E-state index contributed by atoms with van der Waals surface area (Å²) in [6.45, 7) is 3.73. The maximum absolute atomic E-state index is 4.56. The Morgan fingerprint density at radius 2 is 1.52 bits per heavy atom. The van der Waals surface area contributed by atoms with E-state index in [1.54, 1.807) is 12.4 Å². The number of para-hydroxylation sites is 1. The Morgan fingerprint density at radius 3 is 2.38 bits per heavy atom. The lowest BCUT2D eigenvalue weighted by Crippen LogP contribution is -1.98. The smallest absolute Gasteiger partial charge is 0.141 e. The lowest BCUT2D eigenvalue weighted by Gasteiger charge is -2.08. The molecule has 0 bridgehead atoms. The van der Waals surface area contributed by atoms with E-state index in [4.69, 9.17) is 0 Å². The molecule has 0 saturated heterocycles. The molecule has 3 nitrogen and oxygen atoms in total. The molecule has 0 aliphatic heterocycles. The quantitative estimate of drug-likeness (QED) is 0.339. The van der Waals surface area contributed by atoms with Crippen LogP contribution in [0.3, 0.4) is 0 Å². The highest BCUT2D eigenvalue weighted by Crippen LogP contribution is 2.34. The number of hydrogen-bond donors (Lipinski definition) is 0.